The van der Waals surface area contributed by atoms with Crippen LogP contribution in [0.25, 0.3) is 11.3 Å². The van der Waals surface area contributed by atoms with Gasteiger partial charge < -0.3 is 10.2 Å². The summed E-state index contributed by atoms with van der Waals surface area (Å²) in [6, 6.07) is 9.21. The maximum Gasteiger partial charge on any atom is 0.271 e. The summed E-state index contributed by atoms with van der Waals surface area (Å²) < 4.78 is 0. The van der Waals surface area contributed by atoms with Crippen molar-refractivity contribution in [2.24, 2.45) is 0 Å². The second-order valence-electron chi connectivity index (χ2n) is 4.69. The molecule has 1 aromatic carbocycles. The van der Waals surface area contributed by atoms with Crippen LogP contribution in [0.5, 0.6) is 0 Å². The molecule has 5 nitrogen and oxygen atoms in total. The number of nitrogens with one attached hydrogen (secondary N) is 2. The van der Waals surface area contributed by atoms with Gasteiger partial charge in [-0.15, -0.1) is 0 Å². The van der Waals surface area contributed by atoms with Crippen molar-refractivity contribution in [2.45, 2.75) is 0 Å². The third-order valence-electron chi connectivity index (χ3n) is 3.36. The molecule has 2 heterocycles. The van der Waals surface area contributed by atoms with Crippen LogP contribution in [0.3, 0.4) is 0 Å². The number of nitrogens with zero attached hydrogens (tertiary/aromatic N) is 2. The number of aromatic amines is 1. The van der Waals surface area contributed by atoms with Crippen LogP contribution < -0.4 is 5.32 Å². The van der Waals surface area contributed by atoms with Gasteiger partial charge in [-0.25, -0.2) is 0 Å². The molecule has 2 aromatic rings. The number of carbonyl (C=O) groups is 1. The van der Waals surface area contributed by atoms with Crippen LogP contribution in [0.4, 0.5) is 0 Å². The quantitative estimate of drug-likeness (QED) is 0.886. The zero-order valence-corrected chi connectivity index (χ0v) is 11.7. The average Bonchev–Trinajstić information content (AvgIpc) is 2.97. The average molecular weight is 291 g/mol. The number of aromatic nitrogens is 2. The Morgan fingerprint density at radius 2 is 2.00 bits per heavy atom. The highest BCUT2D eigenvalue weighted by atomic mass is 35.5. The minimum atomic E-state index is -0.0164. The van der Waals surface area contributed by atoms with Crippen LogP contribution in [0.15, 0.2) is 30.3 Å². The molecule has 0 bridgehead atoms. The number of benzene rings is 1. The number of amides is 1. The van der Waals surface area contributed by atoms with Crippen molar-refractivity contribution in [1.29, 1.82) is 0 Å². The third kappa shape index (κ3) is 2.55. The molecule has 0 radical (unpaired) electrons. The Labute approximate surface area is 121 Å². The van der Waals surface area contributed by atoms with Gasteiger partial charge in [0, 0.05) is 31.7 Å². The molecule has 0 spiro atoms. The molecule has 1 fully saturated rings. The van der Waals surface area contributed by atoms with Crippen molar-refractivity contribution < 1.29 is 4.79 Å². The molecule has 1 aliphatic rings. The lowest BCUT2D eigenvalue weighted by Gasteiger charge is -2.26. The topological polar surface area (TPSA) is 61.0 Å². The van der Waals surface area contributed by atoms with E-state index in [9.17, 15) is 4.79 Å². The van der Waals surface area contributed by atoms with Crippen molar-refractivity contribution in [2.75, 3.05) is 26.2 Å². The largest absolute Gasteiger partial charge is 0.335 e. The van der Waals surface area contributed by atoms with Gasteiger partial charge in [-0.05, 0) is 12.1 Å². The van der Waals surface area contributed by atoms with Crippen molar-refractivity contribution in [3.8, 4) is 11.3 Å². The summed E-state index contributed by atoms with van der Waals surface area (Å²) in [5.74, 6) is -0.0164. The first kappa shape index (κ1) is 13.1. The lowest BCUT2D eigenvalue weighted by atomic mass is 10.1. The summed E-state index contributed by atoms with van der Waals surface area (Å²) in [4.78, 5) is 14.1. The van der Waals surface area contributed by atoms with E-state index >= 15 is 0 Å². The predicted molar refractivity (Wildman–Crippen MR) is 77.8 cm³/mol. The minimum absolute atomic E-state index is 0.0164. The van der Waals surface area contributed by atoms with Gasteiger partial charge in [0.25, 0.3) is 5.91 Å². The van der Waals surface area contributed by atoms with Crippen molar-refractivity contribution in [3.63, 3.8) is 0 Å². The van der Waals surface area contributed by atoms with Gasteiger partial charge >= 0.3 is 0 Å². The van der Waals surface area contributed by atoms with E-state index < -0.39 is 0 Å². The van der Waals surface area contributed by atoms with Gasteiger partial charge in [-0.1, -0.05) is 29.8 Å². The molecule has 0 unspecified atom stereocenters. The molecule has 1 aliphatic heterocycles. The molecular formula is C14H15ClN4O. The van der Waals surface area contributed by atoms with Crippen LogP contribution in [0, 0.1) is 0 Å². The fourth-order valence-corrected chi connectivity index (χ4v) is 2.51. The highest BCUT2D eigenvalue weighted by Crippen LogP contribution is 2.26. The lowest BCUT2D eigenvalue weighted by molar-refractivity contribution is 0.0730. The molecule has 104 valence electrons. The molecular weight excluding hydrogens is 276 g/mol. The van der Waals surface area contributed by atoms with Crippen LogP contribution >= 0.6 is 11.6 Å². The maximum absolute atomic E-state index is 12.3. The normalized spacial score (nSPS) is 15.3. The summed E-state index contributed by atoms with van der Waals surface area (Å²) >= 11 is 6.14. The van der Waals surface area contributed by atoms with Crippen LogP contribution in [0.2, 0.25) is 5.02 Å². The van der Waals surface area contributed by atoms with Crippen LogP contribution in [-0.4, -0.2) is 47.2 Å². The molecule has 1 aromatic heterocycles. The van der Waals surface area contributed by atoms with E-state index in [1.54, 1.807) is 6.07 Å². The second-order valence-corrected chi connectivity index (χ2v) is 5.10. The first-order valence-corrected chi connectivity index (χ1v) is 6.94. The lowest BCUT2D eigenvalue weighted by Crippen LogP contribution is -2.46. The number of halogens is 1. The van der Waals surface area contributed by atoms with Gasteiger partial charge in [-0.3, -0.25) is 9.89 Å². The number of H-pyrrole nitrogens is 1. The van der Waals surface area contributed by atoms with E-state index in [0.717, 1.165) is 31.7 Å². The summed E-state index contributed by atoms with van der Waals surface area (Å²) in [6.07, 6.45) is 0. The van der Waals surface area contributed by atoms with Crippen molar-refractivity contribution in [3.05, 3.63) is 41.0 Å². The predicted octanol–water partition coefficient (Wildman–Crippen LogP) is 1.78. The van der Waals surface area contributed by atoms with Crippen LogP contribution in [0.1, 0.15) is 10.5 Å². The summed E-state index contributed by atoms with van der Waals surface area (Å²) in [6.45, 7) is 3.10. The number of rotatable bonds is 2. The summed E-state index contributed by atoms with van der Waals surface area (Å²) in [7, 11) is 0. The fourth-order valence-electron chi connectivity index (χ4n) is 2.28. The van der Waals surface area contributed by atoms with Crippen molar-refractivity contribution >= 4 is 17.5 Å². The smallest absolute Gasteiger partial charge is 0.271 e. The SMILES string of the molecule is O=C(c1cc(-c2ccccc2Cl)n[nH]1)N1CCNCC1. The Morgan fingerprint density at radius 1 is 1.25 bits per heavy atom. The molecule has 0 aliphatic carbocycles. The highest BCUT2D eigenvalue weighted by Gasteiger charge is 2.20. The molecule has 1 saturated heterocycles. The molecule has 0 saturated carbocycles. The van der Waals surface area contributed by atoms with Crippen LogP contribution in [-0.2, 0) is 0 Å². The van der Waals surface area contributed by atoms with Gasteiger partial charge in [0.05, 0.1) is 10.7 Å². The van der Waals surface area contributed by atoms with Gasteiger partial charge in [0.2, 0.25) is 0 Å². The summed E-state index contributed by atoms with van der Waals surface area (Å²) in [5, 5.41) is 10.8. The molecule has 2 N–H and O–H groups in total. The van der Waals surface area contributed by atoms with Gasteiger partial charge in [0.15, 0.2) is 0 Å². The third-order valence-corrected chi connectivity index (χ3v) is 3.69. The zero-order chi connectivity index (χ0) is 13.9. The Balaban J connectivity index is 1.83. The molecule has 3 rings (SSSR count). The Morgan fingerprint density at radius 3 is 2.75 bits per heavy atom. The minimum Gasteiger partial charge on any atom is -0.335 e. The number of hydrogen-bond donors (Lipinski definition) is 2. The summed E-state index contributed by atoms with van der Waals surface area (Å²) in [5.41, 5.74) is 2.01. The van der Waals surface area contributed by atoms with E-state index in [4.69, 9.17) is 11.6 Å². The second kappa shape index (κ2) is 5.64. The first-order valence-electron chi connectivity index (χ1n) is 6.56. The molecule has 1 amide bonds. The fraction of sp³-hybridized carbons (Fsp3) is 0.286. The Bertz CT molecular complexity index is 619. The highest BCUT2D eigenvalue weighted by molar-refractivity contribution is 6.33. The van der Waals surface area contributed by atoms with E-state index in [-0.39, 0.29) is 5.91 Å². The molecule has 20 heavy (non-hydrogen) atoms. The van der Waals surface area contributed by atoms with E-state index in [0.29, 0.717) is 16.4 Å². The van der Waals surface area contributed by atoms with E-state index in [1.807, 2.05) is 29.2 Å². The van der Waals surface area contributed by atoms with Gasteiger partial charge in [0.1, 0.15) is 5.69 Å². The zero-order valence-electron chi connectivity index (χ0n) is 10.9. The Hall–Kier alpha value is -1.85. The van der Waals surface area contributed by atoms with E-state index in [1.165, 1.54) is 0 Å². The monoisotopic (exact) mass is 290 g/mol. The number of piperazine rings is 1. The molecule has 0 atom stereocenters. The molecule has 6 heteroatoms. The van der Waals surface area contributed by atoms with E-state index in [2.05, 4.69) is 15.5 Å². The van der Waals surface area contributed by atoms with Crippen molar-refractivity contribution in [1.82, 2.24) is 20.4 Å². The van der Waals surface area contributed by atoms with Gasteiger partial charge in [-0.2, -0.15) is 5.10 Å². The number of hydrogen-bond acceptors (Lipinski definition) is 3. The Kier molecular flexibility index (Phi) is 3.71. The standard InChI is InChI=1S/C14H15ClN4O/c15-11-4-2-1-3-10(11)12-9-13(18-17-12)14(20)19-7-5-16-6-8-19/h1-4,9,16H,5-8H2,(H,17,18). The number of carbonyl (C=O) groups excluding carboxylic acids is 1. The maximum atomic E-state index is 12.3. The first-order chi connectivity index (χ1) is 9.75.